The molecule has 0 saturated heterocycles. The molecule has 0 aliphatic heterocycles. The monoisotopic (exact) mass is 490 g/mol. The number of nitrogens with zero attached hydrogens (tertiary/aromatic N) is 4. The topological polar surface area (TPSA) is 167 Å². The SMILES string of the molecule is C=CCn1c(NC(=O)c2cc(C)nn2CC)nc2cc(C(N)=O)cc(OCCCOP(O)O)c21. The van der Waals surface area contributed by atoms with Crippen molar-refractivity contribution in [1.29, 1.82) is 0 Å². The minimum atomic E-state index is -2.44. The third-order valence-electron chi connectivity index (χ3n) is 4.82. The summed E-state index contributed by atoms with van der Waals surface area (Å²) in [6.07, 6.45) is 2.00. The number of carbonyl (C=O) groups excluding carboxylic acids is 2. The standard InChI is InChI=1S/C21H27N6O6P/c1-4-7-26-18-15(23-21(26)24-20(29)16-10-13(3)25-27(16)5-2)11-14(19(22)28)12-17(18)32-8-6-9-33-34(30)31/h4,10-12,30-31H,1,5-9H2,2-3H3,(H2,22,28)(H,23,24,29). The summed E-state index contributed by atoms with van der Waals surface area (Å²) in [5.41, 5.74) is 7.70. The Balaban J connectivity index is 1.98. The molecule has 2 aromatic heterocycles. The predicted octanol–water partition coefficient (Wildman–Crippen LogP) is 2.10. The molecule has 34 heavy (non-hydrogen) atoms. The Morgan fingerprint density at radius 2 is 2.06 bits per heavy atom. The number of benzene rings is 1. The number of primary amides is 1. The van der Waals surface area contributed by atoms with Crippen molar-refractivity contribution in [3.05, 3.63) is 47.8 Å². The van der Waals surface area contributed by atoms with E-state index in [0.29, 0.717) is 47.7 Å². The average molecular weight is 490 g/mol. The zero-order valence-corrected chi connectivity index (χ0v) is 19.8. The van der Waals surface area contributed by atoms with E-state index in [0.717, 1.165) is 0 Å². The van der Waals surface area contributed by atoms with Gasteiger partial charge in [-0.1, -0.05) is 6.08 Å². The van der Waals surface area contributed by atoms with Gasteiger partial charge in [-0.3, -0.25) is 19.6 Å². The van der Waals surface area contributed by atoms with Gasteiger partial charge in [-0.2, -0.15) is 5.10 Å². The Hall–Kier alpha value is -3.31. The van der Waals surface area contributed by atoms with Gasteiger partial charge < -0.3 is 29.3 Å². The molecule has 3 aromatic rings. The number of allylic oxidation sites excluding steroid dienone is 1. The molecule has 3 rings (SSSR count). The van der Waals surface area contributed by atoms with Crippen molar-refractivity contribution in [3.8, 4) is 5.75 Å². The lowest BCUT2D eigenvalue weighted by Crippen LogP contribution is -2.20. The number of aryl methyl sites for hydroxylation is 2. The van der Waals surface area contributed by atoms with Crippen LogP contribution in [0.4, 0.5) is 5.95 Å². The van der Waals surface area contributed by atoms with Crippen LogP contribution in [-0.2, 0) is 17.6 Å². The maximum Gasteiger partial charge on any atom is 0.327 e. The molecule has 182 valence electrons. The summed E-state index contributed by atoms with van der Waals surface area (Å²) in [6.45, 7) is 8.53. The minimum Gasteiger partial charge on any atom is -0.491 e. The highest BCUT2D eigenvalue weighted by molar-refractivity contribution is 7.39. The van der Waals surface area contributed by atoms with Crippen molar-refractivity contribution in [2.24, 2.45) is 5.73 Å². The van der Waals surface area contributed by atoms with E-state index in [2.05, 4.69) is 22.0 Å². The van der Waals surface area contributed by atoms with Gasteiger partial charge in [0.1, 0.15) is 17.0 Å². The second-order valence-electron chi connectivity index (χ2n) is 7.27. The molecule has 0 atom stereocenters. The fraction of sp³-hybridized carbons (Fsp3) is 0.333. The molecule has 0 saturated carbocycles. The van der Waals surface area contributed by atoms with Crippen molar-refractivity contribution in [2.75, 3.05) is 18.5 Å². The number of nitrogens with one attached hydrogen (secondary N) is 1. The van der Waals surface area contributed by atoms with E-state index in [1.54, 1.807) is 28.3 Å². The van der Waals surface area contributed by atoms with Gasteiger partial charge in [-0.25, -0.2) is 4.98 Å². The molecule has 0 radical (unpaired) electrons. The molecule has 0 unspecified atom stereocenters. The fourth-order valence-corrected chi connectivity index (χ4v) is 3.70. The number of carbonyl (C=O) groups is 2. The summed E-state index contributed by atoms with van der Waals surface area (Å²) in [7, 11) is -2.44. The highest BCUT2D eigenvalue weighted by Gasteiger charge is 2.21. The quantitative estimate of drug-likeness (QED) is 0.170. The van der Waals surface area contributed by atoms with Gasteiger partial charge >= 0.3 is 8.60 Å². The first kappa shape index (κ1) is 25.3. The molecule has 0 aliphatic carbocycles. The van der Waals surface area contributed by atoms with E-state index < -0.39 is 14.5 Å². The zero-order valence-electron chi connectivity index (χ0n) is 18.9. The van der Waals surface area contributed by atoms with Crippen molar-refractivity contribution < 1.29 is 28.6 Å². The van der Waals surface area contributed by atoms with Crippen LogP contribution in [0.25, 0.3) is 11.0 Å². The van der Waals surface area contributed by atoms with Gasteiger partial charge in [0, 0.05) is 25.1 Å². The van der Waals surface area contributed by atoms with Crippen LogP contribution in [0.5, 0.6) is 5.75 Å². The summed E-state index contributed by atoms with van der Waals surface area (Å²) in [6, 6.07) is 4.71. The van der Waals surface area contributed by atoms with E-state index in [9.17, 15) is 9.59 Å². The maximum absolute atomic E-state index is 13.0. The van der Waals surface area contributed by atoms with Gasteiger partial charge in [0.15, 0.2) is 0 Å². The van der Waals surface area contributed by atoms with Crippen LogP contribution in [0.15, 0.2) is 30.9 Å². The molecule has 13 heteroatoms. The van der Waals surface area contributed by atoms with Crippen LogP contribution in [-0.4, -0.2) is 54.1 Å². The summed E-state index contributed by atoms with van der Waals surface area (Å²) in [5, 5.41) is 7.11. The lowest BCUT2D eigenvalue weighted by Gasteiger charge is -2.13. The molecule has 1 aromatic carbocycles. The number of aromatic nitrogens is 4. The van der Waals surface area contributed by atoms with Crippen LogP contribution in [0, 0.1) is 6.92 Å². The minimum absolute atomic E-state index is 0.0785. The van der Waals surface area contributed by atoms with Crippen molar-refractivity contribution in [1.82, 2.24) is 19.3 Å². The Bertz CT molecular complexity index is 1200. The Morgan fingerprint density at radius 1 is 1.29 bits per heavy atom. The van der Waals surface area contributed by atoms with Gasteiger partial charge in [-0.15, -0.1) is 6.58 Å². The average Bonchev–Trinajstić information content (AvgIpc) is 3.33. The molecule has 0 fully saturated rings. The number of hydrogen-bond donors (Lipinski definition) is 4. The Labute approximate surface area is 197 Å². The normalized spacial score (nSPS) is 11.2. The summed E-state index contributed by atoms with van der Waals surface area (Å²) in [5.74, 6) is -0.483. The molecule has 2 heterocycles. The molecule has 0 aliphatic rings. The van der Waals surface area contributed by atoms with Gasteiger partial charge in [0.2, 0.25) is 11.9 Å². The Morgan fingerprint density at radius 3 is 2.71 bits per heavy atom. The fourth-order valence-electron chi connectivity index (χ4n) is 3.41. The lowest BCUT2D eigenvalue weighted by molar-refractivity contribution is 0.0995. The second-order valence-corrected chi connectivity index (χ2v) is 8.03. The van der Waals surface area contributed by atoms with E-state index in [4.69, 9.17) is 24.8 Å². The second kappa shape index (κ2) is 11.2. The maximum atomic E-state index is 13.0. The van der Waals surface area contributed by atoms with E-state index in [1.165, 1.54) is 12.1 Å². The molecule has 5 N–H and O–H groups in total. The smallest absolute Gasteiger partial charge is 0.327 e. The van der Waals surface area contributed by atoms with E-state index in [-0.39, 0.29) is 30.6 Å². The Kier molecular flexibility index (Phi) is 8.35. The zero-order chi connectivity index (χ0) is 24.8. The lowest BCUT2D eigenvalue weighted by atomic mass is 10.1. The van der Waals surface area contributed by atoms with Gasteiger partial charge in [-0.05, 0) is 32.0 Å². The first-order valence-electron chi connectivity index (χ1n) is 10.5. The van der Waals surface area contributed by atoms with Crippen molar-refractivity contribution in [3.63, 3.8) is 0 Å². The summed E-state index contributed by atoms with van der Waals surface area (Å²) < 4.78 is 13.9. The molecule has 12 nitrogen and oxygen atoms in total. The molecule has 0 spiro atoms. The predicted molar refractivity (Wildman–Crippen MR) is 126 cm³/mol. The third-order valence-corrected chi connectivity index (χ3v) is 5.23. The third kappa shape index (κ3) is 5.78. The van der Waals surface area contributed by atoms with Crippen LogP contribution in [0.2, 0.25) is 0 Å². The van der Waals surface area contributed by atoms with Crippen molar-refractivity contribution in [2.45, 2.75) is 33.4 Å². The molecular weight excluding hydrogens is 463 g/mol. The van der Waals surface area contributed by atoms with Crippen LogP contribution >= 0.6 is 8.60 Å². The van der Waals surface area contributed by atoms with E-state index >= 15 is 0 Å². The highest BCUT2D eigenvalue weighted by atomic mass is 31.2. The number of ether oxygens (including phenoxy) is 1. The largest absolute Gasteiger partial charge is 0.491 e. The number of nitrogens with two attached hydrogens (primary N) is 1. The number of imidazole rings is 1. The van der Waals surface area contributed by atoms with Gasteiger partial charge in [0.05, 0.1) is 24.4 Å². The molecular formula is C21H27N6O6P. The molecule has 2 amide bonds. The van der Waals surface area contributed by atoms with E-state index in [1.807, 2.05) is 6.92 Å². The summed E-state index contributed by atoms with van der Waals surface area (Å²) >= 11 is 0. The van der Waals surface area contributed by atoms with Crippen LogP contribution < -0.4 is 15.8 Å². The first-order valence-corrected chi connectivity index (χ1v) is 11.7. The highest BCUT2D eigenvalue weighted by Crippen LogP contribution is 2.31. The van der Waals surface area contributed by atoms with Gasteiger partial charge in [0.25, 0.3) is 5.91 Å². The summed E-state index contributed by atoms with van der Waals surface area (Å²) in [4.78, 5) is 47.0. The molecule has 0 bridgehead atoms. The van der Waals surface area contributed by atoms with Crippen LogP contribution in [0.3, 0.4) is 0 Å². The van der Waals surface area contributed by atoms with Crippen LogP contribution in [0.1, 0.15) is 39.9 Å². The number of hydrogen-bond acceptors (Lipinski definition) is 8. The first-order chi connectivity index (χ1) is 16.2. The van der Waals surface area contributed by atoms with Crippen molar-refractivity contribution >= 4 is 37.4 Å². The number of rotatable bonds is 12. The number of anilines is 1. The number of amides is 2. The number of fused-ring (bicyclic) bond motifs is 1.